The van der Waals surface area contributed by atoms with Crippen LogP contribution in [0.15, 0.2) is 23.0 Å². The van der Waals surface area contributed by atoms with Crippen LogP contribution in [0.5, 0.6) is 0 Å². The number of carbonyl (C=O) groups is 1. The highest BCUT2D eigenvalue weighted by atomic mass is 19.2. The number of hydrogen-bond acceptors (Lipinski definition) is 5. The maximum absolute atomic E-state index is 13.7. The maximum atomic E-state index is 13.7. The summed E-state index contributed by atoms with van der Waals surface area (Å²) < 4.78 is 49.8. The number of rotatable bonds is 3. The lowest BCUT2D eigenvalue weighted by Crippen LogP contribution is -2.44. The fourth-order valence-electron chi connectivity index (χ4n) is 2.41. The molecule has 1 fully saturated rings. The van der Waals surface area contributed by atoms with E-state index in [1.165, 1.54) is 4.90 Å². The molecular formula is C14H12F3N3O3. The van der Waals surface area contributed by atoms with Crippen LogP contribution < -0.4 is 0 Å². The van der Waals surface area contributed by atoms with Gasteiger partial charge in [0.1, 0.15) is 11.9 Å². The molecule has 9 heteroatoms. The molecule has 0 saturated carbocycles. The van der Waals surface area contributed by atoms with Gasteiger partial charge in [0.05, 0.1) is 19.6 Å². The number of aromatic nitrogens is 2. The Bertz CT molecular complexity index is 709. The third kappa shape index (κ3) is 3.19. The molecule has 0 aliphatic carbocycles. The predicted molar refractivity (Wildman–Crippen MR) is 69.6 cm³/mol. The van der Waals surface area contributed by atoms with Crippen molar-refractivity contribution in [3.63, 3.8) is 0 Å². The Morgan fingerprint density at radius 1 is 1.26 bits per heavy atom. The largest absolute Gasteiger partial charge is 0.377 e. The van der Waals surface area contributed by atoms with E-state index in [1.807, 2.05) is 0 Å². The number of hydrogen-bond donors (Lipinski definition) is 0. The van der Waals surface area contributed by atoms with E-state index in [1.54, 1.807) is 0 Å². The van der Waals surface area contributed by atoms with Gasteiger partial charge in [-0.1, -0.05) is 5.16 Å². The van der Waals surface area contributed by atoms with Crippen LogP contribution in [0.1, 0.15) is 17.4 Å². The minimum atomic E-state index is -1.30. The highest BCUT2D eigenvalue weighted by Crippen LogP contribution is 2.23. The second-order valence-corrected chi connectivity index (χ2v) is 5.00. The van der Waals surface area contributed by atoms with Gasteiger partial charge in [0.25, 0.3) is 0 Å². The second-order valence-electron chi connectivity index (χ2n) is 5.00. The second kappa shape index (κ2) is 6.37. The summed E-state index contributed by atoms with van der Waals surface area (Å²) in [5, 5.41) is 3.68. The molecule has 0 radical (unpaired) electrons. The van der Waals surface area contributed by atoms with E-state index in [-0.39, 0.29) is 24.5 Å². The average Bonchev–Trinajstić information content (AvgIpc) is 3.07. The number of benzene rings is 1. The van der Waals surface area contributed by atoms with Gasteiger partial charge >= 0.3 is 0 Å². The first kappa shape index (κ1) is 15.5. The molecule has 0 unspecified atom stereocenters. The lowest BCUT2D eigenvalue weighted by atomic mass is 10.1. The van der Waals surface area contributed by atoms with Gasteiger partial charge in [0, 0.05) is 18.2 Å². The van der Waals surface area contributed by atoms with Gasteiger partial charge in [0.15, 0.2) is 17.5 Å². The minimum Gasteiger partial charge on any atom is -0.377 e. The molecule has 0 N–H and O–H groups in total. The number of amides is 1. The van der Waals surface area contributed by atoms with Gasteiger partial charge < -0.3 is 14.2 Å². The van der Waals surface area contributed by atoms with Crippen LogP contribution in [0, 0.1) is 17.5 Å². The van der Waals surface area contributed by atoms with Crippen molar-refractivity contribution in [2.75, 3.05) is 19.8 Å². The number of halogens is 3. The third-order valence-corrected chi connectivity index (χ3v) is 3.56. The van der Waals surface area contributed by atoms with Crippen molar-refractivity contribution >= 4 is 5.91 Å². The van der Waals surface area contributed by atoms with Crippen molar-refractivity contribution in [1.29, 1.82) is 0 Å². The van der Waals surface area contributed by atoms with Crippen LogP contribution in [0.2, 0.25) is 0 Å². The van der Waals surface area contributed by atoms with E-state index in [0.29, 0.717) is 18.7 Å². The summed E-state index contributed by atoms with van der Waals surface area (Å²) in [7, 11) is 0. The molecule has 1 aliphatic rings. The first-order chi connectivity index (χ1) is 11.1. The normalized spacial score (nSPS) is 18.2. The summed E-state index contributed by atoms with van der Waals surface area (Å²) in [5.74, 6) is -3.67. The summed E-state index contributed by atoms with van der Waals surface area (Å²) in [6.45, 7) is 0.731. The summed E-state index contributed by atoms with van der Waals surface area (Å²) >= 11 is 0. The van der Waals surface area contributed by atoms with E-state index in [9.17, 15) is 18.0 Å². The molecule has 6 nitrogen and oxygen atoms in total. The van der Waals surface area contributed by atoms with Crippen molar-refractivity contribution in [2.24, 2.45) is 0 Å². The molecule has 1 aromatic carbocycles. The quantitative estimate of drug-likeness (QED) is 0.802. The Hall–Kier alpha value is -2.42. The molecule has 1 atom stereocenters. The number of carbonyl (C=O) groups excluding carboxylic acids is 1. The zero-order valence-electron chi connectivity index (χ0n) is 11.8. The SMILES string of the molecule is O=C(Cc1cc(F)c(F)cc1F)N1CCOC[C@@H]1c1ncon1. The van der Waals surface area contributed by atoms with E-state index in [2.05, 4.69) is 14.7 Å². The van der Waals surface area contributed by atoms with Gasteiger partial charge in [0.2, 0.25) is 12.3 Å². The van der Waals surface area contributed by atoms with Crippen molar-refractivity contribution in [3.05, 3.63) is 47.4 Å². The van der Waals surface area contributed by atoms with E-state index >= 15 is 0 Å². The first-order valence-corrected chi connectivity index (χ1v) is 6.83. The Morgan fingerprint density at radius 3 is 2.78 bits per heavy atom. The highest BCUT2D eigenvalue weighted by Gasteiger charge is 2.32. The van der Waals surface area contributed by atoms with Crippen LogP contribution in [-0.4, -0.2) is 40.7 Å². The number of morpholine rings is 1. The Balaban J connectivity index is 1.80. The van der Waals surface area contributed by atoms with Crippen LogP contribution in [0.4, 0.5) is 13.2 Å². The van der Waals surface area contributed by atoms with Gasteiger partial charge in [-0.05, 0) is 6.07 Å². The highest BCUT2D eigenvalue weighted by molar-refractivity contribution is 5.79. The Kier molecular flexibility index (Phi) is 4.28. The molecule has 2 aromatic rings. The van der Waals surface area contributed by atoms with Crippen LogP contribution in [0.25, 0.3) is 0 Å². The predicted octanol–water partition coefficient (Wildman–Crippen LogP) is 1.63. The summed E-state index contributed by atoms with van der Waals surface area (Å²) in [6.07, 6.45) is 0.721. The molecule has 122 valence electrons. The summed E-state index contributed by atoms with van der Waals surface area (Å²) in [4.78, 5) is 17.7. The fourth-order valence-corrected chi connectivity index (χ4v) is 2.41. The van der Waals surface area contributed by atoms with Gasteiger partial charge in [-0.25, -0.2) is 13.2 Å². The van der Waals surface area contributed by atoms with Crippen molar-refractivity contribution in [2.45, 2.75) is 12.5 Å². The molecule has 0 bridgehead atoms. The standard InChI is InChI=1S/C14H12F3N3O3/c15-9-5-11(17)10(16)3-8(9)4-13(21)20-1-2-22-6-12(20)14-18-7-23-19-14/h3,5,7,12H,1-2,4,6H2/t12-/m1/s1. The molecule has 2 heterocycles. The molecule has 1 saturated heterocycles. The zero-order valence-corrected chi connectivity index (χ0v) is 11.8. The first-order valence-electron chi connectivity index (χ1n) is 6.83. The van der Waals surface area contributed by atoms with Crippen molar-refractivity contribution in [3.8, 4) is 0 Å². The molecule has 1 aromatic heterocycles. The van der Waals surface area contributed by atoms with Gasteiger partial charge in [-0.2, -0.15) is 4.98 Å². The fraction of sp³-hybridized carbons (Fsp3) is 0.357. The molecular weight excluding hydrogens is 315 g/mol. The molecule has 0 spiro atoms. The molecule has 1 aliphatic heterocycles. The van der Waals surface area contributed by atoms with Crippen LogP contribution in [0.3, 0.4) is 0 Å². The molecule has 1 amide bonds. The van der Waals surface area contributed by atoms with Crippen LogP contribution in [-0.2, 0) is 16.0 Å². The zero-order chi connectivity index (χ0) is 16.4. The number of ether oxygens (including phenoxy) is 1. The average molecular weight is 327 g/mol. The molecule has 23 heavy (non-hydrogen) atoms. The molecule has 3 rings (SSSR count). The van der Waals surface area contributed by atoms with Crippen molar-refractivity contribution < 1.29 is 27.2 Å². The van der Waals surface area contributed by atoms with E-state index < -0.39 is 35.8 Å². The Labute approximate surface area is 128 Å². The monoisotopic (exact) mass is 327 g/mol. The van der Waals surface area contributed by atoms with Gasteiger partial charge in [-0.3, -0.25) is 4.79 Å². The summed E-state index contributed by atoms with van der Waals surface area (Å²) in [5.41, 5.74) is -0.216. The smallest absolute Gasteiger partial charge is 0.227 e. The van der Waals surface area contributed by atoms with E-state index in [0.717, 1.165) is 6.39 Å². The minimum absolute atomic E-state index is 0.172. The lowest BCUT2D eigenvalue weighted by Gasteiger charge is -2.33. The lowest BCUT2D eigenvalue weighted by molar-refractivity contribution is -0.139. The number of nitrogens with zero attached hydrogens (tertiary/aromatic N) is 3. The van der Waals surface area contributed by atoms with Gasteiger partial charge in [-0.15, -0.1) is 0 Å². The topological polar surface area (TPSA) is 68.5 Å². The van der Waals surface area contributed by atoms with Crippen LogP contribution >= 0.6 is 0 Å². The maximum Gasteiger partial charge on any atom is 0.227 e. The Morgan fingerprint density at radius 2 is 2.04 bits per heavy atom. The third-order valence-electron chi connectivity index (χ3n) is 3.56. The van der Waals surface area contributed by atoms with E-state index in [4.69, 9.17) is 4.74 Å². The summed E-state index contributed by atoms with van der Waals surface area (Å²) in [6, 6.07) is 0.545. The van der Waals surface area contributed by atoms with Crippen molar-refractivity contribution in [1.82, 2.24) is 15.0 Å².